The number of nitrogens with zero attached hydrogens (tertiary/aromatic N) is 2. The van der Waals surface area contributed by atoms with Gasteiger partial charge in [-0.3, -0.25) is 0 Å². The predicted molar refractivity (Wildman–Crippen MR) is 85.7 cm³/mol. The topological polar surface area (TPSA) is 64.9 Å². The fourth-order valence-electron chi connectivity index (χ4n) is 3.15. The molecule has 0 unspecified atom stereocenters. The molecule has 1 saturated carbocycles. The third kappa shape index (κ3) is 3.35. The molecule has 0 spiro atoms. The van der Waals surface area contributed by atoms with Crippen LogP contribution >= 0.6 is 15.9 Å². The molecule has 1 aromatic heterocycles. The zero-order chi connectivity index (χ0) is 14.7. The highest BCUT2D eigenvalue weighted by atomic mass is 79.9. The standard InChI is InChI=1S/C16H20BrN3O/c17-13-6-4-5-12(9-13)15-19-14(21-20-15)10-16(11-18)7-2-1-3-8-16/h4-6,9H,1-3,7-8,10-11,18H2. The molecule has 0 radical (unpaired) electrons. The van der Waals surface area contributed by atoms with Crippen molar-refractivity contribution < 1.29 is 4.52 Å². The van der Waals surface area contributed by atoms with E-state index in [1.54, 1.807) is 0 Å². The van der Waals surface area contributed by atoms with Crippen molar-refractivity contribution in [3.63, 3.8) is 0 Å². The molecule has 5 heteroatoms. The number of benzene rings is 1. The van der Waals surface area contributed by atoms with Gasteiger partial charge in [0.2, 0.25) is 11.7 Å². The van der Waals surface area contributed by atoms with Crippen LogP contribution in [0.25, 0.3) is 11.4 Å². The van der Waals surface area contributed by atoms with Crippen molar-refractivity contribution in [1.29, 1.82) is 0 Å². The van der Waals surface area contributed by atoms with E-state index < -0.39 is 0 Å². The maximum atomic E-state index is 6.03. The number of hydrogen-bond donors (Lipinski definition) is 1. The van der Waals surface area contributed by atoms with Crippen molar-refractivity contribution in [2.75, 3.05) is 6.54 Å². The molecule has 112 valence electrons. The molecular formula is C16H20BrN3O. The monoisotopic (exact) mass is 349 g/mol. The van der Waals surface area contributed by atoms with Crippen molar-refractivity contribution in [3.05, 3.63) is 34.6 Å². The van der Waals surface area contributed by atoms with Gasteiger partial charge in [0.15, 0.2) is 0 Å². The number of halogens is 1. The lowest BCUT2D eigenvalue weighted by atomic mass is 9.72. The number of rotatable bonds is 4. The Bertz CT molecular complexity index is 605. The summed E-state index contributed by atoms with van der Waals surface area (Å²) in [6, 6.07) is 7.93. The van der Waals surface area contributed by atoms with Crippen LogP contribution < -0.4 is 5.73 Å². The van der Waals surface area contributed by atoms with E-state index in [-0.39, 0.29) is 5.41 Å². The van der Waals surface area contributed by atoms with Gasteiger partial charge in [-0.15, -0.1) is 0 Å². The summed E-state index contributed by atoms with van der Waals surface area (Å²) in [6.45, 7) is 0.696. The maximum absolute atomic E-state index is 6.03. The Hall–Kier alpha value is -1.20. The molecule has 0 atom stereocenters. The van der Waals surface area contributed by atoms with Crippen LogP contribution in [-0.2, 0) is 6.42 Å². The van der Waals surface area contributed by atoms with Gasteiger partial charge in [0.25, 0.3) is 0 Å². The Morgan fingerprint density at radius 3 is 2.76 bits per heavy atom. The normalized spacial score (nSPS) is 17.8. The minimum Gasteiger partial charge on any atom is -0.339 e. The van der Waals surface area contributed by atoms with E-state index in [1.165, 1.54) is 19.3 Å². The Labute approximate surface area is 133 Å². The van der Waals surface area contributed by atoms with Crippen molar-refractivity contribution in [1.82, 2.24) is 10.1 Å². The Kier molecular flexibility index (Phi) is 4.40. The first-order valence-electron chi connectivity index (χ1n) is 7.49. The van der Waals surface area contributed by atoms with Crippen LogP contribution in [0.2, 0.25) is 0 Å². The molecule has 3 rings (SSSR count). The maximum Gasteiger partial charge on any atom is 0.227 e. The molecule has 2 aromatic rings. The van der Waals surface area contributed by atoms with Gasteiger partial charge in [-0.2, -0.15) is 4.98 Å². The Balaban J connectivity index is 1.78. The molecule has 1 heterocycles. The third-order valence-corrected chi connectivity index (χ3v) is 4.92. The lowest BCUT2D eigenvalue weighted by Gasteiger charge is -2.34. The third-order valence-electron chi connectivity index (χ3n) is 4.42. The zero-order valence-electron chi connectivity index (χ0n) is 12.0. The van der Waals surface area contributed by atoms with E-state index in [2.05, 4.69) is 26.1 Å². The lowest BCUT2D eigenvalue weighted by molar-refractivity contribution is 0.177. The summed E-state index contributed by atoms with van der Waals surface area (Å²) in [5.41, 5.74) is 7.14. The van der Waals surface area contributed by atoms with Gasteiger partial charge in [-0.05, 0) is 36.9 Å². The van der Waals surface area contributed by atoms with E-state index >= 15 is 0 Å². The minimum atomic E-state index is 0.152. The molecule has 1 aliphatic rings. The highest BCUT2D eigenvalue weighted by molar-refractivity contribution is 9.10. The van der Waals surface area contributed by atoms with Crippen LogP contribution in [0.5, 0.6) is 0 Å². The summed E-state index contributed by atoms with van der Waals surface area (Å²) in [5.74, 6) is 1.35. The number of nitrogens with two attached hydrogens (primary N) is 1. The highest BCUT2D eigenvalue weighted by Crippen LogP contribution is 2.38. The first kappa shape index (κ1) is 14.7. The average molecular weight is 350 g/mol. The Morgan fingerprint density at radius 1 is 1.24 bits per heavy atom. The molecule has 0 aliphatic heterocycles. The molecular weight excluding hydrogens is 330 g/mol. The first-order valence-corrected chi connectivity index (χ1v) is 8.29. The molecule has 1 aromatic carbocycles. The SMILES string of the molecule is NCC1(Cc2nc(-c3cccc(Br)c3)no2)CCCCC1. The molecule has 1 fully saturated rings. The fourth-order valence-corrected chi connectivity index (χ4v) is 3.55. The van der Waals surface area contributed by atoms with Crippen molar-refractivity contribution in [3.8, 4) is 11.4 Å². The van der Waals surface area contributed by atoms with Gasteiger partial charge in [0, 0.05) is 16.5 Å². The molecule has 2 N–H and O–H groups in total. The second-order valence-electron chi connectivity index (χ2n) is 5.96. The second kappa shape index (κ2) is 6.28. The average Bonchev–Trinajstić information content (AvgIpc) is 2.96. The van der Waals surface area contributed by atoms with Gasteiger partial charge in [0.05, 0.1) is 0 Å². The van der Waals surface area contributed by atoms with Crippen LogP contribution in [0.15, 0.2) is 33.3 Å². The second-order valence-corrected chi connectivity index (χ2v) is 6.88. The van der Waals surface area contributed by atoms with Crippen LogP contribution in [0.3, 0.4) is 0 Å². The summed E-state index contributed by atoms with van der Waals surface area (Å²) in [4.78, 5) is 4.55. The zero-order valence-corrected chi connectivity index (χ0v) is 13.6. The van der Waals surface area contributed by atoms with Gasteiger partial charge in [-0.25, -0.2) is 0 Å². The summed E-state index contributed by atoms with van der Waals surface area (Å²) >= 11 is 3.46. The van der Waals surface area contributed by atoms with Gasteiger partial charge in [0.1, 0.15) is 0 Å². The first-order chi connectivity index (χ1) is 10.2. The lowest BCUT2D eigenvalue weighted by Crippen LogP contribution is -2.35. The summed E-state index contributed by atoms with van der Waals surface area (Å²) < 4.78 is 6.47. The van der Waals surface area contributed by atoms with Crippen molar-refractivity contribution in [2.24, 2.45) is 11.1 Å². The van der Waals surface area contributed by atoms with Crippen LogP contribution in [0.1, 0.15) is 38.0 Å². The van der Waals surface area contributed by atoms with Crippen molar-refractivity contribution >= 4 is 15.9 Å². The van der Waals surface area contributed by atoms with Crippen LogP contribution in [0.4, 0.5) is 0 Å². The predicted octanol–water partition coefficient (Wildman–Crippen LogP) is 3.95. The smallest absolute Gasteiger partial charge is 0.227 e. The Morgan fingerprint density at radius 2 is 2.05 bits per heavy atom. The van der Waals surface area contributed by atoms with Gasteiger partial charge < -0.3 is 10.3 Å². The number of aromatic nitrogens is 2. The van der Waals surface area contributed by atoms with Gasteiger partial charge in [-0.1, -0.05) is 52.5 Å². The molecule has 0 saturated heterocycles. The van der Waals surface area contributed by atoms with E-state index in [9.17, 15) is 0 Å². The summed E-state index contributed by atoms with van der Waals surface area (Å²) in [5, 5.41) is 4.11. The van der Waals surface area contributed by atoms with E-state index in [4.69, 9.17) is 10.3 Å². The van der Waals surface area contributed by atoms with E-state index in [0.717, 1.165) is 29.3 Å². The largest absolute Gasteiger partial charge is 0.339 e. The summed E-state index contributed by atoms with van der Waals surface area (Å²) in [7, 11) is 0. The number of hydrogen-bond acceptors (Lipinski definition) is 4. The molecule has 0 bridgehead atoms. The van der Waals surface area contributed by atoms with E-state index in [0.29, 0.717) is 18.3 Å². The fraction of sp³-hybridized carbons (Fsp3) is 0.500. The molecule has 4 nitrogen and oxygen atoms in total. The highest BCUT2D eigenvalue weighted by Gasteiger charge is 2.33. The molecule has 1 aliphatic carbocycles. The van der Waals surface area contributed by atoms with Crippen molar-refractivity contribution in [2.45, 2.75) is 38.5 Å². The van der Waals surface area contributed by atoms with Gasteiger partial charge >= 0.3 is 0 Å². The minimum absolute atomic E-state index is 0.152. The molecule has 0 amide bonds. The summed E-state index contributed by atoms with van der Waals surface area (Å²) in [6.07, 6.45) is 6.95. The quantitative estimate of drug-likeness (QED) is 0.907. The van der Waals surface area contributed by atoms with E-state index in [1.807, 2.05) is 24.3 Å². The van der Waals surface area contributed by atoms with Crippen LogP contribution in [-0.4, -0.2) is 16.7 Å². The molecule has 21 heavy (non-hydrogen) atoms. The van der Waals surface area contributed by atoms with Crippen LogP contribution in [0, 0.1) is 5.41 Å².